The van der Waals surface area contributed by atoms with Crippen LogP contribution in [0, 0.1) is 0 Å². The second-order valence-corrected chi connectivity index (χ2v) is 7.37. The summed E-state index contributed by atoms with van der Waals surface area (Å²) in [5.41, 5.74) is 11.1. The number of carbonyl (C=O) groups excluding carboxylic acids is 3. The number of benzene rings is 1. The van der Waals surface area contributed by atoms with Crippen LogP contribution in [0.5, 0.6) is 5.75 Å². The summed E-state index contributed by atoms with van der Waals surface area (Å²) in [7, 11) is 0. The Hall–Kier alpha value is -1.97. The minimum atomic E-state index is -0.937. The molecule has 0 amide bonds. The van der Waals surface area contributed by atoms with Gasteiger partial charge in [-0.05, 0) is 43.0 Å². The first kappa shape index (κ1) is 22.3. The Morgan fingerprint density at radius 1 is 1.14 bits per heavy atom. The molecule has 0 aliphatic carbocycles. The van der Waals surface area contributed by atoms with E-state index >= 15 is 0 Å². The number of ether oxygens (including phenoxy) is 2. The molecule has 1 aromatic heterocycles. The van der Waals surface area contributed by atoms with Crippen LogP contribution in [0.3, 0.4) is 0 Å². The minimum Gasteiger partial charge on any atom is -0.480 e. The van der Waals surface area contributed by atoms with Crippen molar-refractivity contribution < 1.29 is 23.9 Å². The number of carbonyl (C=O) groups is 3. The number of thiophene rings is 1. The molecule has 7 nitrogen and oxygen atoms in total. The molecule has 1 heterocycles. The first-order valence-electron chi connectivity index (χ1n) is 8.24. The summed E-state index contributed by atoms with van der Waals surface area (Å²) in [5, 5.41) is 1.75. The van der Waals surface area contributed by atoms with Gasteiger partial charge in [-0.1, -0.05) is 29.3 Å². The molecule has 0 unspecified atom stereocenters. The first-order valence-corrected chi connectivity index (χ1v) is 9.87. The van der Waals surface area contributed by atoms with Crippen LogP contribution in [0.2, 0.25) is 10.0 Å². The highest BCUT2D eigenvalue weighted by atomic mass is 35.5. The van der Waals surface area contributed by atoms with Gasteiger partial charge in [0, 0.05) is 5.56 Å². The average molecular weight is 445 g/mol. The summed E-state index contributed by atoms with van der Waals surface area (Å²) >= 11 is 13.6. The van der Waals surface area contributed by atoms with E-state index in [9.17, 15) is 14.4 Å². The van der Waals surface area contributed by atoms with Gasteiger partial charge in [0.25, 0.3) is 0 Å². The van der Waals surface area contributed by atoms with Crippen molar-refractivity contribution >= 4 is 52.3 Å². The van der Waals surface area contributed by atoms with Crippen molar-refractivity contribution in [1.29, 1.82) is 0 Å². The Kier molecular flexibility index (Phi) is 8.40. The fourth-order valence-corrected chi connectivity index (χ4v) is 3.31. The zero-order valence-electron chi connectivity index (χ0n) is 14.7. The molecule has 0 saturated carbocycles. The largest absolute Gasteiger partial charge is 0.480 e. The number of hydrogen-bond acceptors (Lipinski definition) is 8. The SMILES string of the molecule is NCCC[C@@H](N)C(=O)OC(=O)COc1ccc(C(=O)c2cccs2)c(Cl)c1Cl. The van der Waals surface area contributed by atoms with Crippen LogP contribution in [0.4, 0.5) is 0 Å². The molecule has 0 aliphatic heterocycles. The molecule has 0 aliphatic rings. The van der Waals surface area contributed by atoms with Gasteiger partial charge in [-0.25, -0.2) is 9.59 Å². The smallest absolute Gasteiger partial charge is 0.351 e. The molecule has 1 atom stereocenters. The summed E-state index contributed by atoms with van der Waals surface area (Å²) in [6.07, 6.45) is 0.843. The summed E-state index contributed by atoms with van der Waals surface area (Å²) in [5.74, 6) is -1.99. The predicted molar refractivity (Wildman–Crippen MR) is 107 cm³/mol. The Balaban J connectivity index is 1.97. The second-order valence-electron chi connectivity index (χ2n) is 5.66. The Morgan fingerprint density at radius 2 is 1.89 bits per heavy atom. The van der Waals surface area contributed by atoms with Gasteiger partial charge in [-0.3, -0.25) is 4.79 Å². The third kappa shape index (κ3) is 5.76. The third-order valence-corrected chi connectivity index (χ3v) is 5.35. The van der Waals surface area contributed by atoms with E-state index in [4.69, 9.17) is 39.4 Å². The maximum Gasteiger partial charge on any atom is 0.351 e. The maximum absolute atomic E-state index is 12.4. The van der Waals surface area contributed by atoms with Gasteiger partial charge in [0.1, 0.15) is 16.8 Å². The van der Waals surface area contributed by atoms with E-state index < -0.39 is 24.6 Å². The van der Waals surface area contributed by atoms with Gasteiger partial charge < -0.3 is 20.9 Å². The van der Waals surface area contributed by atoms with Crippen LogP contribution in [0.1, 0.15) is 28.1 Å². The first-order chi connectivity index (χ1) is 13.3. The molecule has 2 rings (SSSR count). The lowest BCUT2D eigenvalue weighted by atomic mass is 10.1. The zero-order chi connectivity index (χ0) is 20.7. The Bertz CT molecular complexity index is 858. The molecule has 28 heavy (non-hydrogen) atoms. The second kappa shape index (κ2) is 10.5. The number of rotatable bonds is 9. The molecule has 0 fully saturated rings. The van der Waals surface area contributed by atoms with Crippen LogP contribution in [0.25, 0.3) is 0 Å². The number of ketones is 1. The van der Waals surface area contributed by atoms with Crippen LogP contribution in [0.15, 0.2) is 29.6 Å². The van der Waals surface area contributed by atoms with Gasteiger partial charge >= 0.3 is 11.9 Å². The van der Waals surface area contributed by atoms with Crippen molar-refractivity contribution in [2.24, 2.45) is 11.5 Å². The Morgan fingerprint density at radius 3 is 2.54 bits per heavy atom. The van der Waals surface area contributed by atoms with Crippen molar-refractivity contribution in [2.75, 3.05) is 13.2 Å². The van der Waals surface area contributed by atoms with Crippen LogP contribution in [-0.2, 0) is 14.3 Å². The lowest BCUT2D eigenvalue weighted by Gasteiger charge is -2.12. The highest BCUT2D eigenvalue weighted by Crippen LogP contribution is 2.36. The molecule has 1 aromatic carbocycles. The fourth-order valence-electron chi connectivity index (χ4n) is 2.17. The van der Waals surface area contributed by atoms with Crippen molar-refractivity contribution in [1.82, 2.24) is 0 Å². The van der Waals surface area contributed by atoms with E-state index in [1.165, 1.54) is 23.5 Å². The number of halogens is 2. The number of hydrogen-bond donors (Lipinski definition) is 2. The van der Waals surface area contributed by atoms with Gasteiger partial charge in [0.2, 0.25) is 5.78 Å². The molecule has 0 radical (unpaired) electrons. The van der Waals surface area contributed by atoms with Gasteiger partial charge in [0.05, 0.1) is 9.90 Å². The maximum atomic E-state index is 12.4. The molecule has 150 valence electrons. The van der Waals surface area contributed by atoms with Crippen LogP contribution in [-0.4, -0.2) is 36.9 Å². The third-order valence-electron chi connectivity index (χ3n) is 3.62. The standard InChI is InChI=1S/C18H18Cl2N2O5S/c19-15-10(17(24)13-4-2-8-28-13)5-6-12(16(15)20)26-9-14(23)27-18(25)11(22)3-1-7-21/h2,4-6,8,11H,1,3,7,9,21-22H2/t11-/m1/s1. The van der Waals surface area contributed by atoms with Crippen LogP contribution >= 0.6 is 34.5 Å². The van der Waals surface area contributed by atoms with E-state index in [2.05, 4.69) is 4.74 Å². The van der Waals surface area contributed by atoms with Crippen LogP contribution < -0.4 is 16.2 Å². The average Bonchev–Trinajstić information content (AvgIpc) is 3.21. The topological polar surface area (TPSA) is 122 Å². The van der Waals surface area contributed by atoms with Gasteiger partial charge in [-0.2, -0.15) is 0 Å². The zero-order valence-corrected chi connectivity index (χ0v) is 17.0. The highest BCUT2D eigenvalue weighted by molar-refractivity contribution is 7.12. The van der Waals surface area contributed by atoms with Crippen molar-refractivity contribution in [3.63, 3.8) is 0 Å². The normalized spacial score (nSPS) is 11.7. The van der Waals surface area contributed by atoms with Gasteiger partial charge in [0.15, 0.2) is 6.61 Å². The number of esters is 2. The highest BCUT2D eigenvalue weighted by Gasteiger charge is 2.21. The van der Waals surface area contributed by atoms with Crippen molar-refractivity contribution in [2.45, 2.75) is 18.9 Å². The van der Waals surface area contributed by atoms with E-state index in [1.807, 2.05) is 0 Å². The van der Waals surface area contributed by atoms with E-state index in [0.717, 1.165) is 0 Å². The minimum absolute atomic E-state index is 0.00539. The summed E-state index contributed by atoms with van der Waals surface area (Å²) in [6.45, 7) is -0.202. The molecule has 0 bridgehead atoms. The molecule has 0 spiro atoms. The summed E-state index contributed by atoms with van der Waals surface area (Å²) in [4.78, 5) is 36.4. The lowest BCUT2D eigenvalue weighted by molar-refractivity contribution is -0.162. The molecule has 2 aromatic rings. The molecular formula is C18H18Cl2N2O5S. The van der Waals surface area contributed by atoms with Gasteiger partial charge in [-0.15, -0.1) is 11.3 Å². The summed E-state index contributed by atoms with van der Waals surface area (Å²) in [6, 6.07) is 5.35. The molecule has 4 N–H and O–H groups in total. The summed E-state index contributed by atoms with van der Waals surface area (Å²) < 4.78 is 9.87. The van der Waals surface area contributed by atoms with Crippen molar-refractivity contribution in [3.05, 3.63) is 50.1 Å². The lowest BCUT2D eigenvalue weighted by Crippen LogP contribution is -2.35. The molecular weight excluding hydrogens is 427 g/mol. The van der Waals surface area contributed by atoms with E-state index in [0.29, 0.717) is 24.3 Å². The quantitative estimate of drug-likeness (QED) is 0.346. The number of nitrogens with two attached hydrogens (primary N) is 2. The Labute approximate surface area is 175 Å². The molecule has 0 saturated heterocycles. The van der Waals surface area contributed by atoms with Crippen molar-refractivity contribution in [3.8, 4) is 5.75 Å². The monoisotopic (exact) mass is 444 g/mol. The predicted octanol–water partition coefficient (Wildman–Crippen LogP) is 2.80. The fraction of sp³-hybridized carbons (Fsp3) is 0.278. The van der Waals surface area contributed by atoms with E-state index in [-0.39, 0.29) is 27.1 Å². The van der Waals surface area contributed by atoms with E-state index in [1.54, 1.807) is 17.5 Å². The molecule has 10 heteroatoms.